The number of benzene rings is 1. The topological polar surface area (TPSA) is 46.4 Å². The summed E-state index contributed by atoms with van der Waals surface area (Å²) in [5.41, 5.74) is 4.28. The second-order valence-corrected chi connectivity index (χ2v) is 4.85. The van der Waals surface area contributed by atoms with Crippen LogP contribution in [-0.2, 0) is 0 Å². The summed E-state index contributed by atoms with van der Waals surface area (Å²) in [6.45, 7) is 4.02. The fraction of sp³-hybridized carbons (Fsp3) is 0.125. The van der Waals surface area contributed by atoms with Gasteiger partial charge in [0.05, 0.1) is 5.56 Å². The van der Waals surface area contributed by atoms with Crippen molar-refractivity contribution in [3.8, 4) is 0 Å². The fourth-order valence-electron chi connectivity index (χ4n) is 2.27. The zero-order chi connectivity index (χ0) is 14.1. The van der Waals surface area contributed by atoms with E-state index in [1.54, 1.807) is 12.3 Å². The van der Waals surface area contributed by atoms with E-state index in [0.29, 0.717) is 11.2 Å². The first-order chi connectivity index (χ1) is 9.65. The molecular weight excluding hydrogens is 250 g/mol. The van der Waals surface area contributed by atoms with Gasteiger partial charge < -0.3 is 9.72 Å². The molecule has 0 atom stereocenters. The molecule has 1 aromatic carbocycles. The molecule has 0 saturated carbocycles. The Hall–Kier alpha value is -2.62. The molecule has 2 heterocycles. The van der Waals surface area contributed by atoms with E-state index in [0.717, 1.165) is 11.3 Å². The van der Waals surface area contributed by atoms with Crippen molar-refractivity contribution in [2.45, 2.75) is 13.8 Å². The van der Waals surface area contributed by atoms with Crippen LogP contribution in [0.3, 0.4) is 0 Å². The molecule has 3 aromatic rings. The van der Waals surface area contributed by atoms with Gasteiger partial charge in [-0.15, -0.1) is 0 Å². The first kappa shape index (κ1) is 12.4. The molecule has 0 aliphatic rings. The van der Waals surface area contributed by atoms with Crippen LogP contribution in [0.2, 0.25) is 0 Å². The summed E-state index contributed by atoms with van der Waals surface area (Å²) in [7, 11) is 0. The van der Waals surface area contributed by atoms with E-state index in [4.69, 9.17) is 0 Å². The molecule has 20 heavy (non-hydrogen) atoms. The van der Waals surface area contributed by atoms with Gasteiger partial charge in [0.25, 0.3) is 5.91 Å². The van der Waals surface area contributed by atoms with Gasteiger partial charge in [0.1, 0.15) is 5.65 Å². The molecule has 0 unspecified atom stereocenters. The molecule has 4 nitrogen and oxygen atoms in total. The van der Waals surface area contributed by atoms with E-state index in [1.165, 1.54) is 5.56 Å². The first-order valence-corrected chi connectivity index (χ1v) is 6.45. The Kier molecular flexibility index (Phi) is 2.99. The van der Waals surface area contributed by atoms with Gasteiger partial charge in [-0.3, -0.25) is 4.79 Å². The summed E-state index contributed by atoms with van der Waals surface area (Å²) in [5, 5.41) is 2.94. The van der Waals surface area contributed by atoms with Crippen LogP contribution >= 0.6 is 0 Å². The number of carbonyl (C=O) groups is 1. The van der Waals surface area contributed by atoms with Crippen molar-refractivity contribution in [2.75, 3.05) is 5.32 Å². The van der Waals surface area contributed by atoms with Crippen molar-refractivity contribution in [1.82, 2.24) is 9.38 Å². The Morgan fingerprint density at radius 1 is 1.20 bits per heavy atom. The Labute approximate surface area is 117 Å². The zero-order valence-electron chi connectivity index (χ0n) is 11.4. The van der Waals surface area contributed by atoms with Crippen molar-refractivity contribution in [3.05, 3.63) is 65.6 Å². The number of anilines is 1. The normalized spacial score (nSPS) is 10.7. The number of hydrogen-bond acceptors (Lipinski definition) is 2. The van der Waals surface area contributed by atoms with Gasteiger partial charge in [-0.2, -0.15) is 0 Å². The van der Waals surface area contributed by atoms with Gasteiger partial charge in [-0.1, -0.05) is 17.7 Å². The van der Waals surface area contributed by atoms with Crippen molar-refractivity contribution in [1.29, 1.82) is 0 Å². The third-order valence-electron chi connectivity index (χ3n) is 3.29. The molecule has 1 amide bonds. The van der Waals surface area contributed by atoms with Crippen LogP contribution < -0.4 is 5.32 Å². The van der Waals surface area contributed by atoms with E-state index in [-0.39, 0.29) is 5.91 Å². The largest absolute Gasteiger partial charge is 0.322 e. The van der Waals surface area contributed by atoms with Crippen molar-refractivity contribution < 1.29 is 4.79 Å². The Morgan fingerprint density at radius 2 is 2.05 bits per heavy atom. The van der Waals surface area contributed by atoms with Crippen LogP contribution in [0, 0.1) is 13.8 Å². The highest BCUT2D eigenvalue weighted by atomic mass is 16.1. The molecule has 0 bridgehead atoms. The SMILES string of the molecule is Cc1ccc(NC(=O)c2cccn3ccnc23)c(C)c1. The molecule has 0 saturated heterocycles. The average molecular weight is 265 g/mol. The standard InChI is InChI=1S/C16H15N3O/c1-11-5-6-14(12(2)10-11)18-16(20)13-4-3-8-19-9-7-17-15(13)19/h3-10H,1-2H3,(H,18,20). The number of nitrogens with one attached hydrogen (secondary N) is 1. The Bertz CT molecular complexity index is 789. The van der Waals surface area contributed by atoms with E-state index in [1.807, 2.05) is 54.9 Å². The highest BCUT2D eigenvalue weighted by Crippen LogP contribution is 2.18. The number of hydrogen-bond donors (Lipinski definition) is 1. The maximum absolute atomic E-state index is 12.4. The van der Waals surface area contributed by atoms with Gasteiger partial charge in [-0.25, -0.2) is 4.98 Å². The molecule has 0 radical (unpaired) electrons. The Morgan fingerprint density at radius 3 is 2.85 bits per heavy atom. The molecule has 0 spiro atoms. The first-order valence-electron chi connectivity index (χ1n) is 6.45. The minimum absolute atomic E-state index is 0.145. The summed E-state index contributed by atoms with van der Waals surface area (Å²) in [6.07, 6.45) is 5.38. The number of amides is 1. The second kappa shape index (κ2) is 4.81. The number of rotatable bonds is 2. The van der Waals surface area contributed by atoms with E-state index in [2.05, 4.69) is 10.3 Å². The van der Waals surface area contributed by atoms with E-state index < -0.39 is 0 Å². The molecule has 0 fully saturated rings. The molecular formula is C16H15N3O. The second-order valence-electron chi connectivity index (χ2n) is 4.85. The summed E-state index contributed by atoms with van der Waals surface area (Å²) < 4.78 is 1.83. The van der Waals surface area contributed by atoms with Gasteiger partial charge >= 0.3 is 0 Å². The molecule has 2 aromatic heterocycles. The van der Waals surface area contributed by atoms with Crippen LogP contribution in [0.1, 0.15) is 21.5 Å². The molecule has 4 heteroatoms. The average Bonchev–Trinajstić information content (AvgIpc) is 2.90. The molecule has 0 aliphatic heterocycles. The number of nitrogens with zero attached hydrogens (tertiary/aromatic N) is 2. The smallest absolute Gasteiger partial charge is 0.259 e. The van der Waals surface area contributed by atoms with E-state index in [9.17, 15) is 4.79 Å². The third-order valence-corrected chi connectivity index (χ3v) is 3.29. The lowest BCUT2D eigenvalue weighted by Gasteiger charge is -2.09. The maximum Gasteiger partial charge on any atom is 0.259 e. The highest BCUT2D eigenvalue weighted by Gasteiger charge is 2.12. The zero-order valence-corrected chi connectivity index (χ0v) is 11.4. The predicted octanol–water partition coefficient (Wildman–Crippen LogP) is 3.20. The quantitative estimate of drug-likeness (QED) is 0.773. The van der Waals surface area contributed by atoms with Crippen LogP contribution in [0.25, 0.3) is 5.65 Å². The Balaban J connectivity index is 1.95. The molecule has 3 rings (SSSR count). The summed E-state index contributed by atoms with van der Waals surface area (Å²) in [6, 6.07) is 9.57. The van der Waals surface area contributed by atoms with Crippen LogP contribution in [0.4, 0.5) is 5.69 Å². The van der Waals surface area contributed by atoms with Gasteiger partial charge in [0, 0.05) is 24.3 Å². The monoisotopic (exact) mass is 265 g/mol. The minimum atomic E-state index is -0.145. The predicted molar refractivity (Wildman–Crippen MR) is 79.1 cm³/mol. The number of imidazole rings is 1. The maximum atomic E-state index is 12.4. The van der Waals surface area contributed by atoms with Gasteiger partial charge in [0.2, 0.25) is 0 Å². The van der Waals surface area contributed by atoms with Crippen molar-refractivity contribution in [2.24, 2.45) is 0 Å². The number of carbonyl (C=O) groups excluding carboxylic acids is 1. The summed E-state index contributed by atoms with van der Waals surface area (Å²) in [4.78, 5) is 16.6. The number of fused-ring (bicyclic) bond motifs is 1. The molecule has 1 N–H and O–H groups in total. The minimum Gasteiger partial charge on any atom is -0.322 e. The third kappa shape index (κ3) is 2.16. The summed E-state index contributed by atoms with van der Waals surface area (Å²) in [5.74, 6) is -0.145. The lowest BCUT2D eigenvalue weighted by molar-refractivity contribution is 0.102. The van der Waals surface area contributed by atoms with Crippen molar-refractivity contribution >= 4 is 17.2 Å². The number of aromatic nitrogens is 2. The van der Waals surface area contributed by atoms with Gasteiger partial charge in [-0.05, 0) is 37.6 Å². The van der Waals surface area contributed by atoms with Gasteiger partial charge in [0.15, 0.2) is 0 Å². The van der Waals surface area contributed by atoms with Crippen LogP contribution in [-0.4, -0.2) is 15.3 Å². The fourth-order valence-corrected chi connectivity index (χ4v) is 2.27. The summed E-state index contributed by atoms with van der Waals surface area (Å²) >= 11 is 0. The lowest BCUT2D eigenvalue weighted by Crippen LogP contribution is -2.14. The van der Waals surface area contributed by atoms with E-state index >= 15 is 0 Å². The molecule has 100 valence electrons. The lowest BCUT2D eigenvalue weighted by atomic mass is 10.1. The highest BCUT2D eigenvalue weighted by molar-refractivity contribution is 6.08. The number of aryl methyl sites for hydroxylation is 2. The number of pyridine rings is 1. The van der Waals surface area contributed by atoms with Crippen LogP contribution in [0.5, 0.6) is 0 Å². The van der Waals surface area contributed by atoms with Crippen molar-refractivity contribution in [3.63, 3.8) is 0 Å². The molecule has 0 aliphatic carbocycles. The van der Waals surface area contributed by atoms with Crippen LogP contribution in [0.15, 0.2) is 48.9 Å².